The van der Waals surface area contributed by atoms with E-state index < -0.39 is 12.0 Å². The molecule has 0 saturated heterocycles. The highest BCUT2D eigenvalue weighted by atomic mass is 16.5. The van der Waals surface area contributed by atoms with Crippen molar-refractivity contribution in [3.8, 4) is 0 Å². The number of carbonyl (C=O) groups excluding carboxylic acids is 1. The van der Waals surface area contributed by atoms with E-state index in [1.165, 1.54) is 0 Å². The van der Waals surface area contributed by atoms with Gasteiger partial charge in [0.2, 0.25) is 5.91 Å². The smallest absolute Gasteiger partial charge is 0.326 e. The van der Waals surface area contributed by atoms with Crippen LogP contribution in [0.3, 0.4) is 0 Å². The van der Waals surface area contributed by atoms with Crippen LogP contribution in [0.15, 0.2) is 0 Å². The Labute approximate surface area is 133 Å². The van der Waals surface area contributed by atoms with Crippen molar-refractivity contribution in [3.05, 3.63) is 0 Å². The maximum Gasteiger partial charge on any atom is 0.326 e. The third-order valence-electron chi connectivity index (χ3n) is 3.22. The highest BCUT2D eigenvalue weighted by Gasteiger charge is 2.21. The van der Waals surface area contributed by atoms with Gasteiger partial charge >= 0.3 is 5.97 Å². The van der Waals surface area contributed by atoms with E-state index >= 15 is 0 Å². The first-order chi connectivity index (χ1) is 10.4. The van der Waals surface area contributed by atoms with Crippen molar-refractivity contribution in [1.29, 1.82) is 0 Å². The molecule has 130 valence electrons. The van der Waals surface area contributed by atoms with Crippen LogP contribution in [0.1, 0.15) is 26.7 Å². The third kappa shape index (κ3) is 10.5. The van der Waals surface area contributed by atoms with E-state index in [0.29, 0.717) is 39.3 Å². The highest BCUT2D eigenvalue weighted by Crippen LogP contribution is 2.05. The zero-order valence-electron chi connectivity index (χ0n) is 14.1. The molecule has 7 nitrogen and oxygen atoms in total. The summed E-state index contributed by atoms with van der Waals surface area (Å²) >= 11 is 0. The molecule has 0 aromatic carbocycles. The predicted octanol–water partition coefficient (Wildman–Crippen LogP) is 0.587. The summed E-state index contributed by atoms with van der Waals surface area (Å²) in [6.45, 7) is 6.99. The fourth-order valence-electron chi connectivity index (χ4n) is 2.00. The largest absolute Gasteiger partial charge is 0.480 e. The summed E-state index contributed by atoms with van der Waals surface area (Å²) in [5, 5.41) is 11.7. The molecule has 0 aromatic heterocycles. The molecule has 7 heteroatoms. The van der Waals surface area contributed by atoms with Gasteiger partial charge < -0.3 is 19.9 Å². The van der Waals surface area contributed by atoms with Crippen LogP contribution in [-0.2, 0) is 19.1 Å². The first-order valence-electron chi connectivity index (χ1n) is 7.63. The maximum absolute atomic E-state index is 11.9. The molecule has 0 aromatic rings. The number of hydrogen-bond donors (Lipinski definition) is 2. The fraction of sp³-hybridized carbons (Fsp3) is 0.867. The lowest BCUT2D eigenvalue weighted by molar-refractivity contribution is -0.142. The van der Waals surface area contributed by atoms with Crippen LogP contribution in [0, 0.1) is 5.92 Å². The zero-order valence-corrected chi connectivity index (χ0v) is 14.1. The Bertz CT molecular complexity index is 315. The van der Waals surface area contributed by atoms with E-state index in [1.54, 1.807) is 14.2 Å². The van der Waals surface area contributed by atoms with Crippen LogP contribution in [0.2, 0.25) is 0 Å². The number of ether oxygens (including phenoxy) is 2. The number of amides is 1. The molecule has 0 fully saturated rings. The normalized spacial score (nSPS) is 12.6. The van der Waals surface area contributed by atoms with Crippen molar-refractivity contribution >= 4 is 11.9 Å². The van der Waals surface area contributed by atoms with Crippen LogP contribution in [0.4, 0.5) is 0 Å². The van der Waals surface area contributed by atoms with E-state index in [9.17, 15) is 9.59 Å². The van der Waals surface area contributed by atoms with E-state index in [2.05, 4.69) is 10.2 Å². The van der Waals surface area contributed by atoms with Crippen molar-refractivity contribution in [2.24, 2.45) is 5.92 Å². The van der Waals surface area contributed by atoms with Gasteiger partial charge in [-0.2, -0.15) is 0 Å². The second-order valence-corrected chi connectivity index (χ2v) is 5.67. The van der Waals surface area contributed by atoms with Gasteiger partial charge in [-0.25, -0.2) is 4.79 Å². The van der Waals surface area contributed by atoms with Crippen molar-refractivity contribution in [2.45, 2.75) is 32.7 Å². The average molecular weight is 318 g/mol. The summed E-state index contributed by atoms with van der Waals surface area (Å²) in [6.07, 6.45) is 0.688. The number of aliphatic carboxylic acids is 1. The van der Waals surface area contributed by atoms with Crippen molar-refractivity contribution in [2.75, 3.05) is 47.1 Å². The summed E-state index contributed by atoms with van der Waals surface area (Å²) < 4.78 is 10.1. The molecule has 0 saturated carbocycles. The summed E-state index contributed by atoms with van der Waals surface area (Å²) in [5.41, 5.74) is 0. The summed E-state index contributed by atoms with van der Waals surface area (Å²) in [5.74, 6) is -1.02. The molecule has 0 rings (SSSR count). The first-order valence-corrected chi connectivity index (χ1v) is 7.63. The molecule has 0 aliphatic heterocycles. The Morgan fingerprint density at radius 1 is 1.09 bits per heavy atom. The standard InChI is InChI=1S/C15H30N2O5/c1-12(2)11-13(15(19)20)16-14(18)5-6-17(7-9-21-3)8-10-22-4/h12-13H,5-11H2,1-4H3,(H,16,18)(H,19,20). The fourth-order valence-corrected chi connectivity index (χ4v) is 2.00. The number of nitrogens with zero attached hydrogens (tertiary/aromatic N) is 1. The van der Waals surface area contributed by atoms with Crippen molar-refractivity contribution in [3.63, 3.8) is 0 Å². The Balaban J connectivity index is 4.26. The van der Waals surface area contributed by atoms with Crippen molar-refractivity contribution < 1.29 is 24.2 Å². The second kappa shape index (κ2) is 12.4. The SMILES string of the molecule is COCCN(CCOC)CCC(=O)NC(CC(C)C)C(=O)O. The molecule has 1 amide bonds. The first kappa shape index (κ1) is 20.8. The summed E-state index contributed by atoms with van der Waals surface area (Å²) in [4.78, 5) is 25.1. The molecule has 22 heavy (non-hydrogen) atoms. The van der Waals surface area contributed by atoms with E-state index in [4.69, 9.17) is 14.6 Å². The van der Waals surface area contributed by atoms with Gasteiger partial charge in [-0.1, -0.05) is 13.8 Å². The molecular weight excluding hydrogens is 288 g/mol. The lowest BCUT2D eigenvalue weighted by atomic mass is 10.0. The number of hydrogen-bond acceptors (Lipinski definition) is 5. The number of methoxy groups -OCH3 is 2. The molecule has 0 aliphatic carbocycles. The van der Waals surface area contributed by atoms with Crippen LogP contribution in [-0.4, -0.2) is 75.0 Å². The Morgan fingerprint density at radius 3 is 2.05 bits per heavy atom. The van der Waals surface area contributed by atoms with Gasteiger partial charge in [-0.15, -0.1) is 0 Å². The molecule has 0 radical (unpaired) electrons. The summed E-state index contributed by atoms with van der Waals surface area (Å²) in [7, 11) is 3.26. The van der Waals surface area contributed by atoms with Crippen molar-refractivity contribution in [1.82, 2.24) is 10.2 Å². The van der Waals surface area contributed by atoms with Gasteiger partial charge in [-0.05, 0) is 12.3 Å². The highest BCUT2D eigenvalue weighted by molar-refractivity contribution is 5.83. The number of carbonyl (C=O) groups is 2. The maximum atomic E-state index is 11.9. The van der Waals surface area contributed by atoms with E-state index in [1.807, 2.05) is 13.8 Å². The molecule has 1 unspecified atom stereocenters. The van der Waals surface area contributed by atoms with Gasteiger partial charge in [0, 0.05) is 40.3 Å². The number of carboxylic acids is 1. The molecule has 0 bridgehead atoms. The molecule has 0 heterocycles. The molecule has 1 atom stereocenters. The molecule has 0 spiro atoms. The quantitative estimate of drug-likeness (QED) is 0.517. The number of nitrogens with one attached hydrogen (secondary N) is 1. The van der Waals surface area contributed by atoms with E-state index in [-0.39, 0.29) is 18.2 Å². The third-order valence-corrected chi connectivity index (χ3v) is 3.22. The minimum absolute atomic E-state index is 0.210. The van der Waals surface area contributed by atoms with Gasteiger partial charge in [0.1, 0.15) is 6.04 Å². The molecule has 2 N–H and O–H groups in total. The minimum Gasteiger partial charge on any atom is -0.480 e. The average Bonchev–Trinajstić information content (AvgIpc) is 2.45. The van der Waals surface area contributed by atoms with Gasteiger partial charge in [-0.3, -0.25) is 9.69 Å². The lowest BCUT2D eigenvalue weighted by Crippen LogP contribution is -2.43. The topological polar surface area (TPSA) is 88.1 Å². The predicted molar refractivity (Wildman–Crippen MR) is 83.8 cm³/mol. The van der Waals surface area contributed by atoms with Gasteiger partial charge in [0.05, 0.1) is 13.2 Å². The number of rotatable bonds is 13. The van der Waals surface area contributed by atoms with Crippen LogP contribution < -0.4 is 5.32 Å². The van der Waals surface area contributed by atoms with Gasteiger partial charge in [0.25, 0.3) is 0 Å². The lowest BCUT2D eigenvalue weighted by Gasteiger charge is -2.22. The van der Waals surface area contributed by atoms with Crippen LogP contribution >= 0.6 is 0 Å². The minimum atomic E-state index is -0.988. The Morgan fingerprint density at radius 2 is 1.64 bits per heavy atom. The van der Waals surface area contributed by atoms with Crippen LogP contribution in [0.5, 0.6) is 0 Å². The molecular formula is C15H30N2O5. The van der Waals surface area contributed by atoms with E-state index in [0.717, 1.165) is 0 Å². The van der Waals surface area contributed by atoms with Crippen LogP contribution in [0.25, 0.3) is 0 Å². The van der Waals surface area contributed by atoms with Gasteiger partial charge in [0.15, 0.2) is 0 Å². The zero-order chi connectivity index (χ0) is 17.0. The molecule has 0 aliphatic rings. The Kier molecular flexibility index (Phi) is 11.7. The monoisotopic (exact) mass is 318 g/mol. The second-order valence-electron chi connectivity index (χ2n) is 5.67. The summed E-state index contributed by atoms with van der Waals surface area (Å²) in [6, 6.07) is -0.820. The number of carboxylic acid groups (broad SMARTS) is 1. The Hall–Kier alpha value is -1.18.